The predicted octanol–water partition coefficient (Wildman–Crippen LogP) is 3.03. The normalized spacial score (nSPS) is 14.5. The van der Waals surface area contributed by atoms with Gasteiger partial charge in [-0.15, -0.1) is 0 Å². The lowest BCUT2D eigenvalue weighted by atomic mass is 10.0. The average molecular weight is 336 g/mol. The van der Waals surface area contributed by atoms with Gasteiger partial charge in [-0.3, -0.25) is 9.59 Å². The van der Waals surface area contributed by atoms with Crippen molar-refractivity contribution in [1.29, 1.82) is 0 Å². The Morgan fingerprint density at radius 1 is 1.08 bits per heavy atom. The van der Waals surface area contributed by atoms with Gasteiger partial charge in [-0.2, -0.15) is 0 Å². The molecule has 0 radical (unpaired) electrons. The molecule has 4 heteroatoms. The van der Waals surface area contributed by atoms with E-state index < -0.39 is 6.04 Å². The Kier molecular flexibility index (Phi) is 5.17. The Labute approximate surface area is 148 Å². The van der Waals surface area contributed by atoms with Gasteiger partial charge in [0.25, 0.3) is 5.91 Å². The van der Waals surface area contributed by atoms with Crippen molar-refractivity contribution >= 4 is 11.8 Å². The molecule has 1 unspecified atom stereocenters. The van der Waals surface area contributed by atoms with Crippen LogP contribution in [0.5, 0.6) is 0 Å². The van der Waals surface area contributed by atoms with Crippen LogP contribution in [0, 0.1) is 5.92 Å². The third kappa shape index (κ3) is 3.73. The van der Waals surface area contributed by atoms with E-state index in [9.17, 15) is 9.59 Å². The number of rotatable bonds is 6. The van der Waals surface area contributed by atoms with Crippen LogP contribution in [-0.4, -0.2) is 29.3 Å². The average Bonchev–Trinajstić information content (AvgIpc) is 2.93. The topological polar surface area (TPSA) is 49.4 Å². The van der Waals surface area contributed by atoms with E-state index >= 15 is 0 Å². The molecule has 1 atom stereocenters. The van der Waals surface area contributed by atoms with Crippen molar-refractivity contribution in [3.63, 3.8) is 0 Å². The molecule has 0 saturated carbocycles. The van der Waals surface area contributed by atoms with Crippen molar-refractivity contribution in [2.24, 2.45) is 5.92 Å². The van der Waals surface area contributed by atoms with E-state index in [0.29, 0.717) is 18.7 Å². The SMILES string of the molecule is CC(C)C(C(=O)NCCc1ccccc1)N1Cc2ccccc2C1=O. The van der Waals surface area contributed by atoms with Crippen LogP contribution < -0.4 is 5.32 Å². The number of carbonyl (C=O) groups is 2. The summed E-state index contributed by atoms with van der Waals surface area (Å²) < 4.78 is 0. The highest BCUT2D eigenvalue weighted by atomic mass is 16.2. The summed E-state index contributed by atoms with van der Waals surface area (Å²) in [7, 11) is 0. The quantitative estimate of drug-likeness (QED) is 0.881. The zero-order valence-corrected chi connectivity index (χ0v) is 14.7. The molecule has 130 valence electrons. The van der Waals surface area contributed by atoms with Crippen LogP contribution in [0.3, 0.4) is 0 Å². The standard InChI is InChI=1S/C21H24N2O2/c1-15(2)19(20(24)22-13-12-16-8-4-3-5-9-16)23-14-17-10-6-7-11-18(17)21(23)25/h3-11,15,19H,12-14H2,1-2H3,(H,22,24). The predicted molar refractivity (Wildman–Crippen MR) is 98.1 cm³/mol. The number of amides is 2. The van der Waals surface area contributed by atoms with E-state index in [-0.39, 0.29) is 17.7 Å². The van der Waals surface area contributed by atoms with E-state index in [4.69, 9.17) is 0 Å². The Morgan fingerprint density at radius 3 is 2.44 bits per heavy atom. The van der Waals surface area contributed by atoms with E-state index in [1.54, 1.807) is 4.90 Å². The number of fused-ring (bicyclic) bond motifs is 1. The lowest BCUT2D eigenvalue weighted by molar-refractivity contribution is -0.127. The lowest BCUT2D eigenvalue weighted by Crippen LogP contribution is -2.50. The van der Waals surface area contributed by atoms with Crippen molar-refractivity contribution < 1.29 is 9.59 Å². The minimum absolute atomic E-state index is 0.0486. The summed E-state index contributed by atoms with van der Waals surface area (Å²) in [6, 6.07) is 17.2. The molecule has 3 rings (SSSR count). The highest BCUT2D eigenvalue weighted by Gasteiger charge is 2.37. The molecule has 0 saturated heterocycles. The van der Waals surface area contributed by atoms with E-state index in [0.717, 1.165) is 12.0 Å². The lowest BCUT2D eigenvalue weighted by Gasteiger charge is -2.30. The van der Waals surface area contributed by atoms with Gasteiger partial charge in [-0.25, -0.2) is 0 Å². The van der Waals surface area contributed by atoms with Crippen LogP contribution in [0.1, 0.15) is 35.3 Å². The molecule has 2 aromatic carbocycles. The van der Waals surface area contributed by atoms with Crippen LogP contribution in [0.4, 0.5) is 0 Å². The summed E-state index contributed by atoms with van der Waals surface area (Å²) in [5.41, 5.74) is 2.90. The molecule has 2 aromatic rings. The first-order valence-corrected chi connectivity index (χ1v) is 8.78. The van der Waals surface area contributed by atoms with Gasteiger partial charge in [0.1, 0.15) is 6.04 Å². The van der Waals surface area contributed by atoms with Crippen LogP contribution in [0.15, 0.2) is 54.6 Å². The Balaban J connectivity index is 1.65. The van der Waals surface area contributed by atoms with Crippen LogP contribution >= 0.6 is 0 Å². The summed E-state index contributed by atoms with van der Waals surface area (Å²) >= 11 is 0. The van der Waals surface area contributed by atoms with Crippen LogP contribution in [0.25, 0.3) is 0 Å². The van der Waals surface area contributed by atoms with E-state index in [1.165, 1.54) is 5.56 Å². The fraction of sp³-hybridized carbons (Fsp3) is 0.333. The van der Waals surface area contributed by atoms with Gasteiger partial charge < -0.3 is 10.2 Å². The maximum atomic E-state index is 12.8. The first-order chi connectivity index (χ1) is 12.1. The minimum atomic E-state index is -0.448. The van der Waals surface area contributed by atoms with Crippen LogP contribution in [0.2, 0.25) is 0 Å². The molecule has 4 nitrogen and oxygen atoms in total. The van der Waals surface area contributed by atoms with Crippen molar-refractivity contribution in [3.05, 3.63) is 71.3 Å². The van der Waals surface area contributed by atoms with Crippen molar-refractivity contribution in [2.75, 3.05) is 6.54 Å². The summed E-state index contributed by atoms with van der Waals surface area (Å²) in [5, 5.41) is 3.00. The molecule has 0 aromatic heterocycles. The fourth-order valence-electron chi connectivity index (χ4n) is 3.38. The Hall–Kier alpha value is -2.62. The second-order valence-corrected chi connectivity index (χ2v) is 6.81. The smallest absolute Gasteiger partial charge is 0.255 e. The molecule has 1 heterocycles. The van der Waals surface area contributed by atoms with Gasteiger partial charge in [-0.05, 0) is 29.5 Å². The van der Waals surface area contributed by atoms with Gasteiger partial charge in [0, 0.05) is 18.7 Å². The zero-order valence-electron chi connectivity index (χ0n) is 14.7. The number of hydrogen-bond acceptors (Lipinski definition) is 2. The first kappa shape index (κ1) is 17.2. The largest absolute Gasteiger partial charge is 0.354 e. The molecule has 1 N–H and O–H groups in total. The number of benzene rings is 2. The Bertz CT molecular complexity index is 756. The third-order valence-electron chi connectivity index (χ3n) is 4.64. The summed E-state index contributed by atoms with van der Waals surface area (Å²) in [5.74, 6) is -0.0745. The minimum Gasteiger partial charge on any atom is -0.354 e. The maximum absolute atomic E-state index is 12.8. The van der Waals surface area contributed by atoms with Gasteiger partial charge >= 0.3 is 0 Å². The maximum Gasteiger partial charge on any atom is 0.255 e. The van der Waals surface area contributed by atoms with Gasteiger partial charge in [0.2, 0.25) is 5.91 Å². The molecular formula is C21H24N2O2. The molecule has 0 fully saturated rings. The highest BCUT2D eigenvalue weighted by molar-refractivity contribution is 6.01. The number of hydrogen-bond donors (Lipinski definition) is 1. The molecule has 2 amide bonds. The molecular weight excluding hydrogens is 312 g/mol. The first-order valence-electron chi connectivity index (χ1n) is 8.78. The second kappa shape index (κ2) is 7.51. The molecule has 1 aliphatic rings. The number of carbonyl (C=O) groups excluding carboxylic acids is 2. The van der Waals surface area contributed by atoms with Crippen molar-refractivity contribution in [3.8, 4) is 0 Å². The van der Waals surface area contributed by atoms with Crippen LogP contribution in [-0.2, 0) is 17.8 Å². The highest BCUT2D eigenvalue weighted by Crippen LogP contribution is 2.27. The van der Waals surface area contributed by atoms with Gasteiger partial charge in [-0.1, -0.05) is 62.4 Å². The monoisotopic (exact) mass is 336 g/mol. The molecule has 1 aliphatic heterocycles. The summed E-state index contributed by atoms with van der Waals surface area (Å²) in [6.45, 7) is 5.04. The second-order valence-electron chi connectivity index (χ2n) is 6.81. The van der Waals surface area contributed by atoms with Crippen molar-refractivity contribution in [2.45, 2.75) is 32.9 Å². The van der Waals surface area contributed by atoms with Gasteiger partial charge in [0.05, 0.1) is 0 Å². The molecule has 25 heavy (non-hydrogen) atoms. The molecule has 0 aliphatic carbocycles. The fourth-order valence-corrected chi connectivity index (χ4v) is 3.38. The number of nitrogens with zero attached hydrogens (tertiary/aromatic N) is 1. The molecule has 0 spiro atoms. The summed E-state index contributed by atoms with van der Waals surface area (Å²) in [4.78, 5) is 27.1. The van der Waals surface area contributed by atoms with Gasteiger partial charge in [0.15, 0.2) is 0 Å². The third-order valence-corrected chi connectivity index (χ3v) is 4.64. The number of nitrogens with one attached hydrogen (secondary N) is 1. The zero-order chi connectivity index (χ0) is 17.8. The Morgan fingerprint density at radius 2 is 1.76 bits per heavy atom. The van der Waals surface area contributed by atoms with E-state index in [1.807, 2.05) is 68.4 Å². The van der Waals surface area contributed by atoms with Crippen molar-refractivity contribution in [1.82, 2.24) is 10.2 Å². The molecule has 0 bridgehead atoms. The summed E-state index contributed by atoms with van der Waals surface area (Å²) in [6.07, 6.45) is 0.783. The van der Waals surface area contributed by atoms with E-state index in [2.05, 4.69) is 5.32 Å².